The third-order valence-electron chi connectivity index (χ3n) is 4.86. The Morgan fingerprint density at radius 2 is 1.90 bits per heavy atom. The van der Waals surface area contributed by atoms with Crippen LogP contribution in [-0.2, 0) is 16.6 Å². The Kier molecular flexibility index (Phi) is 7.40. The fourth-order valence-electron chi connectivity index (χ4n) is 3.20. The summed E-state index contributed by atoms with van der Waals surface area (Å²) >= 11 is 5.31. The van der Waals surface area contributed by atoms with Gasteiger partial charge in [-0.1, -0.05) is 31.4 Å². The molecule has 0 bridgehead atoms. The Morgan fingerprint density at radius 3 is 2.55 bits per heavy atom. The number of furan rings is 1. The highest BCUT2D eigenvalue weighted by atomic mass is 32.2. The smallest absolute Gasteiger partial charge is 0.240 e. The summed E-state index contributed by atoms with van der Waals surface area (Å²) in [5.74, 6) is 0.553. The molecule has 0 amide bonds. The van der Waals surface area contributed by atoms with Crippen LogP contribution in [0.2, 0.25) is 0 Å². The predicted octanol–water partition coefficient (Wildman–Crippen LogP) is 3.28. The average molecular weight is 435 g/mol. The summed E-state index contributed by atoms with van der Waals surface area (Å²) in [7, 11) is -3.62. The van der Waals surface area contributed by atoms with Crippen LogP contribution in [0.1, 0.15) is 50.4 Å². The first-order valence-electron chi connectivity index (χ1n) is 9.67. The third-order valence-corrected chi connectivity index (χ3v) is 6.49. The zero-order chi connectivity index (χ0) is 20.7. The van der Waals surface area contributed by atoms with Gasteiger partial charge in [-0.25, -0.2) is 13.1 Å². The van der Waals surface area contributed by atoms with Crippen molar-refractivity contribution >= 4 is 33.1 Å². The van der Waals surface area contributed by atoms with Crippen LogP contribution in [0.3, 0.4) is 0 Å². The van der Waals surface area contributed by atoms with Crippen LogP contribution in [0, 0.1) is 0 Å². The molecule has 1 aromatic heterocycles. The molecule has 0 unspecified atom stereocenters. The van der Waals surface area contributed by atoms with Gasteiger partial charge in [-0.3, -0.25) is 5.43 Å². The van der Waals surface area contributed by atoms with Gasteiger partial charge in [0.25, 0.3) is 0 Å². The minimum absolute atomic E-state index is 0.104. The second kappa shape index (κ2) is 10.00. The van der Waals surface area contributed by atoms with E-state index in [1.807, 2.05) is 6.92 Å². The molecule has 0 radical (unpaired) electrons. The summed E-state index contributed by atoms with van der Waals surface area (Å²) in [5, 5.41) is 8.12. The van der Waals surface area contributed by atoms with Crippen LogP contribution < -0.4 is 15.5 Å². The van der Waals surface area contributed by atoms with Crippen LogP contribution in [-0.4, -0.2) is 25.3 Å². The topological polar surface area (TPSA) is 95.7 Å². The summed E-state index contributed by atoms with van der Waals surface area (Å²) in [5.41, 5.74) is 4.40. The lowest BCUT2D eigenvalue weighted by Crippen LogP contribution is -2.41. The average Bonchev–Trinajstić information content (AvgIpc) is 3.25. The van der Waals surface area contributed by atoms with Crippen molar-refractivity contribution in [3.8, 4) is 0 Å². The zero-order valence-electron chi connectivity index (χ0n) is 16.3. The van der Waals surface area contributed by atoms with Crippen molar-refractivity contribution < 1.29 is 12.8 Å². The Morgan fingerprint density at radius 1 is 1.17 bits per heavy atom. The molecular weight excluding hydrogens is 408 g/mol. The minimum Gasteiger partial charge on any atom is -0.468 e. The van der Waals surface area contributed by atoms with E-state index in [-0.39, 0.29) is 11.4 Å². The van der Waals surface area contributed by atoms with Crippen molar-refractivity contribution in [2.75, 3.05) is 0 Å². The minimum atomic E-state index is -3.62. The van der Waals surface area contributed by atoms with E-state index in [0.29, 0.717) is 22.6 Å². The standard InChI is InChI=1S/C20H26N4O3S2/c1-15(23-24-20(28)22-17-6-3-2-4-7-17)16-9-11-19(12-10-16)29(25,26)21-14-18-8-5-13-27-18/h5,8-13,17,21H,2-4,6-7,14H2,1H3,(H2,22,24,28)/b23-15-. The third kappa shape index (κ3) is 6.38. The summed E-state index contributed by atoms with van der Waals surface area (Å²) in [4.78, 5) is 0.183. The normalized spacial score (nSPS) is 15.8. The highest BCUT2D eigenvalue weighted by Crippen LogP contribution is 2.17. The molecule has 1 saturated carbocycles. The lowest BCUT2D eigenvalue weighted by Gasteiger charge is -2.23. The molecule has 0 atom stereocenters. The van der Waals surface area contributed by atoms with Crippen molar-refractivity contribution in [3.05, 3.63) is 54.0 Å². The first-order chi connectivity index (χ1) is 13.9. The van der Waals surface area contributed by atoms with Gasteiger partial charge in [0.15, 0.2) is 5.11 Å². The fraction of sp³-hybridized carbons (Fsp3) is 0.400. The molecule has 1 aromatic carbocycles. The molecule has 0 aliphatic heterocycles. The van der Waals surface area contributed by atoms with Crippen LogP contribution in [0.5, 0.6) is 0 Å². The predicted molar refractivity (Wildman–Crippen MR) is 117 cm³/mol. The van der Waals surface area contributed by atoms with Gasteiger partial charge in [-0.2, -0.15) is 5.10 Å². The van der Waals surface area contributed by atoms with Gasteiger partial charge >= 0.3 is 0 Å². The molecule has 1 heterocycles. The first-order valence-corrected chi connectivity index (χ1v) is 11.6. The second-order valence-electron chi connectivity index (χ2n) is 7.05. The summed E-state index contributed by atoms with van der Waals surface area (Å²) in [6.45, 7) is 1.95. The zero-order valence-corrected chi connectivity index (χ0v) is 18.0. The SMILES string of the molecule is C/C(=N/NC(=S)NC1CCCCC1)c1ccc(S(=O)(=O)NCc2ccco2)cc1. The first kappa shape index (κ1) is 21.5. The summed E-state index contributed by atoms with van der Waals surface area (Å²) < 4.78 is 32.4. The number of hydrazone groups is 1. The highest BCUT2D eigenvalue weighted by Gasteiger charge is 2.15. The molecule has 1 aliphatic rings. The van der Waals surface area contributed by atoms with Crippen molar-refractivity contribution in [1.29, 1.82) is 0 Å². The Labute approximate surface area is 177 Å². The highest BCUT2D eigenvalue weighted by molar-refractivity contribution is 7.89. The van der Waals surface area contributed by atoms with Crippen molar-refractivity contribution in [3.63, 3.8) is 0 Å². The lowest BCUT2D eigenvalue weighted by atomic mass is 9.96. The van der Waals surface area contributed by atoms with E-state index < -0.39 is 10.0 Å². The van der Waals surface area contributed by atoms with Crippen molar-refractivity contribution in [2.45, 2.75) is 56.5 Å². The van der Waals surface area contributed by atoms with Gasteiger partial charge in [0.1, 0.15) is 5.76 Å². The van der Waals surface area contributed by atoms with Crippen molar-refractivity contribution in [2.24, 2.45) is 5.10 Å². The van der Waals surface area contributed by atoms with E-state index in [9.17, 15) is 8.42 Å². The van der Waals surface area contributed by atoms with E-state index in [1.165, 1.54) is 25.5 Å². The Balaban J connectivity index is 1.55. The van der Waals surface area contributed by atoms with E-state index in [0.717, 1.165) is 18.4 Å². The quantitative estimate of drug-likeness (QED) is 0.352. The number of thiocarbonyl (C=S) groups is 1. The summed E-state index contributed by atoms with van der Waals surface area (Å²) in [6.07, 6.45) is 7.52. The molecule has 1 aliphatic carbocycles. The molecule has 9 heteroatoms. The second-order valence-corrected chi connectivity index (χ2v) is 9.22. The lowest BCUT2D eigenvalue weighted by molar-refractivity contribution is 0.412. The van der Waals surface area contributed by atoms with Crippen LogP contribution in [0.25, 0.3) is 0 Å². The molecule has 29 heavy (non-hydrogen) atoms. The van der Waals surface area contributed by atoms with Gasteiger partial charge < -0.3 is 9.73 Å². The maximum Gasteiger partial charge on any atom is 0.240 e. The molecule has 156 valence electrons. The Bertz CT molecular complexity index is 933. The maximum absolute atomic E-state index is 12.4. The van der Waals surface area contributed by atoms with E-state index in [4.69, 9.17) is 16.6 Å². The van der Waals surface area contributed by atoms with Gasteiger partial charge in [-0.15, -0.1) is 0 Å². The van der Waals surface area contributed by atoms with E-state index in [2.05, 4.69) is 20.6 Å². The molecule has 2 aromatic rings. The number of nitrogens with one attached hydrogen (secondary N) is 3. The van der Waals surface area contributed by atoms with E-state index in [1.54, 1.807) is 36.4 Å². The fourth-order valence-corrected chi connectivity index (χ4v) is 4.41. The van der Waals surface area contributed by atoms with Crippen molar-refractivity contribution in [1.82, 2.24) is 15.5 Å². The van der Waals surface area contributed by atoms with E-state index >= 15 is 0 Å². The molecule has 0 saturated heterocycles. The molecular formula is C20H26N4O3S2. The number of sulfonamides is 1. The molecule has 7 nitrogen and oxygen atoms in total. The van der Waals surface area contributed by atoms with Gasteiger partial charge in [0.2, 0.25) is 10.0 Å². The van der Waals surface area contributed by atoms with Gasteiger partial charge in [0.05, 0.1) is 23.4 Å². The summed E-state index contributed by atoms with van der Waals surface area (Å²) in [6, 6.07) is 10.4. The number of nitrogens with zero attached hydrogens (tertiary/aromatic N) is 1. The number of hydrogen-bond donors (Lipinski definition) is 3. The molecule has 0 spiro atoms. The number of rotatable bonds is 7. The van der Waals surface area contributed by atoms with Gasteiger partial charge in [-0.05, 0) is 61.8 Å². The van der Waals surface area contributed by atoms with Crippen LogP contribution >= 0.6 is 12.2 Å². The maximum atomic E-state index is 12.4. The number of benzene rings is 1. The number of hydrogen-bond acceptors (Lipinski definition) is 5. The molecule has 3 rings (SSSR count). The molecule has 3 N–H and O–H groups in total. The monoisotopic (exact) mass is 434 g/mol. The van der Waals surface area contributed by atoms with Gasteiger partial charge in [0, 0.05) is 6.04 Å². The van der Waals surface area contributed by atoms with Crippen LogP contribution in [0.15, 0.2) is 57.1 Å². The molecule has 1 fully saturated rings. The van der Waals surface area contributed by atoms with Crippen LogP contribution in [0.4, 0.5) is 0 Å². The largest absolute Gasteiger partial charge is 0.468 e. The Hall–Kier alpha value is -2.23.